The van der Waals surface area contributed by atoms with Crippen LogP contribution in [0.15, 0.2) is 42.5 Å². The molecule has 1 aliphatic heterocycles. The molecule has 0 unspecified atom stereocenters. The van der Waals surface area contributed by atoms with Crippen molar-refractivity contribution >= 4 is 22.6 Å². The maximum Gasteiger partial charge on any atom is 0.256 e. The van der Waals surface area contributed by atoms with Crippen molar-refractivity contribution in [1.82, 2.24) is 14.8 Å². The van der Waals surface area contributed by atoms with E-state index in [4.69, 9.17) is 0 Å². The number of nitrogens with zero attached hydrogens (tertiary/aromatic N) is 2. The van der Waals surface area contributed by atoms with E-state index in [1.165, 1.54) is 36.4 Å². The Morgan fingerprint density at radius 1 is 0.966 bits per heavy atom. The molecular weight excluding hydrogens is 376 g/mol. The summed E-state index contributed by atoms with van der Waals surface area (Å²) in [5, 5.41) is 0.585. The van der Waals surface area contributed by atoms with E-state index in [2.05, 4.69) is 4.98 Å². The van der Waals surface area contributed by atoms with Crippen molar-refractivity contribution < 1.29 is 18.4 Å². The zero-order valence-electron chi connectivity index (χ0n) is 16.0. The zero-order valence-corrected chi connectivity index (χ0v) is 16.0. The molecule has 0 radical (unpaired) electrons. The Balaban J connectivity index is 1.41. The normalized spacial score (nSPS) is 15.1. The number of hydrogen-bond acceptors (Lipinski definition) is 3. The Hall–Kier alpha value is -3.06. The van der Waals surface area contributed by atoms with Crippen LogP contribution in [0.25, 0.3) is 10.9 Å². The molecule has 0 saturated carbocycles. The molecule has 2 aromatic carbocycles. The van der Waals surface area contributed by atoms with Gasteiger partial charge in [0.05, 0.1) is 12.1 Å². The molecule has 2 heterocycles. The first-order chi connectivity index (χ1) is 13.9. The van der Waals surface area contributed by atoms with Crippen LogP contribution in [-0.2, 0) is 0 Å². The number of nitrogens with one attached hydrogen (secondary N) is 1. The third-order valence-electron chi connectivity index (χ3n) is 5.35. The molecule has 0 spiro atoms. The second kappa shape index (κ2) is 7.75. The summed E-state index contributed by atoms with van der Waals surface area (Å²) in [6.07, 6.45) is 0. The molecule has 1 saturated heterocycles. The highest BCUT2D eigenvalue weighted by Crippen LogP contribution is 2.25. The number of aromatic amines is 1. The molecule has 1 fully saturated rings. The highest BCUT2D eigenvalue weighted by atomic mass is 19.1. The number of aryl methyl sites for hydroxylation is 1. The van der Waals surface area contributed by atoms with Gasteiger partial charge in [-0.25, -0.2) is 8.78 Å². The monoisotopic (exact) mass is 397 g/mol. The van der Waals surface area contributed by atoms with Gasteiger partial charge in [0.2, 0.25) is 0 Å². The number of fused-ring (bicyclic) bond motifs is 1. The lowest BCUT2D eigenvalue weighted by atomic mass is 10.1. The second-order valence-electron chi connectivity index (χ2n) is 7.31. The van der Waals surface area contributed by atoms with Gasteiger partial charge in [0.25, 0.3) is 5.91 Å². The Labute approximate surface area is 166 Å². The first-order valence-electron chi connectivity index (χ1n) is 9.50. The maximum atomic E-state index is 13.7. The predicted molar refractivity (Wildman–Crippen MR) is 106 cm³/mol. The number of ketones is 1. The highest BCUT2D eigenvalue weighted by molar-refractivity contribution is 6.08. The fraction of sp³-hybridized carbons (Fsp3) is 0.273. The van der Waals surface area contributed by atoms with Crippen LogP contribution in [0.3, 0.4) is 0 Å². The average molecular weight is 397 g/mol. The van der Waals surface area contributed by atoms with E-state index in [0.717, 1.165) is 5.52 Å². The largest absolute Gasteiger partial charge is 0.358 e. The van der Waals surface area contributed by atoms with Crippen LogP contribution in [0, 0.1) is 18.6 Å². The molecule has 3 aromatic rings. The van der Waals surface area contributed by atoms with E-state index in [-0.39, 0.29) is 29.9 Å². The van der Waals surface area contributed by atoms with Crippen LogP contribution < -0.4 is 0 Å². The summed E-state index contributed by atoms with van der Waals surface area (Å²) in [6.45, 7) is 4.13. The third kappa shape index (κ3) is 3.91. The van der Waals surface area contributed by atoms with E-state index in [1.54, 1.807) is 11.0 Å². The lowest BCUT2D eigenvalue weighted by molar-refractivity contribution is 0.0625. The van der Waals surface area contributed by atoms with Crippen molar-refractivity contribution in [3.05, 3.63) is 70.9 Å². The number of rotatable bonds is 4. The molecule has 7 heteroatoms. The number of aromatic nitrogens is 1. The van der Waals surface area contributed by atoms with Crippen molar-refractivity contribution in [3.8, 4) is 0 Å². The van der Waals surface area contributed by atoms with Crippen LogP contribution in [-0.4, -0.2) is 59.2 Å². The summed E-state index contributed by atoms with van der Waals surface area (Å²) in [5.41, 5.74) is 2.41. The lowest BCUT2D eigenvalue weighted by Gasteiger charge is -2.34. The predicted octanol–water partition coefficient (Wildman–Crippen LogP) is 3.40. The van der Waals surface area contributed by atoms with Gasteiger partial charge in [0, 0.05) is 48.3 Å². The van der Waals surface area contributed by atoms with Gasteiger partial charge in [-0.15, -0.1) is 0 Å². The molecule has 1 N–H and O–H groups in total. The minimum absolute atomic E-state index is 0.0762. The highest BCUT2D eigenvalue weighted by Gasteiger charge is 2.26. The molecule has 1 aliphatic rings. The number of hydrogen-bond donors (Lipinski definition) is 1. The molecular formula is C22H21F2N3O2. The van der Waals surface area contributed by atoms with Gasteiger partial charge in [0.1, 0.15) is 11.6 Å². The van der Waals surface area contributed by atoms with E-state index in [0.29, 0.717) is 48.4 Å². The van der Waals surface area contributed by atoms with Crippen molar-refractivity contribution in [2.75, 3.05) is 32.7 Å². The van der Waals surface area contributed by atoms with Gasteiger partial charge in [-0.3, -0.25) is 14.5 Å². The zero-order chi connectivity index (χ0) is 20.5. The van der Waals surface area contributed by atoms with Crippen molar-refractivity contribution in [2.24, 2.45) is 0 Å². The Morgan fingerprint density at radius 3 is 2.31 bits per heavy atom. The number of Topliss-reactive ketones (excluding diaryl/α,β-unsaturated/α-hetero) is 1. The number of benzene rings is 2. The number of halogens is 2. The first-order valence-corrected chi connectivity index (χ1v) is 9.50. The van der Waals surface area contributed by atoms with Crippen molar-refractivity contribution in [1.29, 1.82) is 0 Å². The number of carbonyl (C=O) groups is 2. The topological polar surface area (TPSA) is 56.4 Å². The van der Waals surface area contributed by atoms with Gasteiger partial charge in [0.15, 0.2) is 5.78 Å². The SMILES string of the molecule is Cc1[nH]c2ccc(F)cc2c1C(=O)N1CCN(CC(=O)c2ccc(F)cc2)CC1. The lowest BCUT2D eigenvalue weighted by Crippen LogP contribution is -2.50. The Kier molecular flexibility index (Phi) is 5.15. The number of carbonyl (C=O) groups excluding carboxylic acids is 2. The van der Waals surface area contributed by atoms with Gasteiger partial charge >= 0.3 is 0 Å². The molecule has 150 valence electrons. The molecule has 0 atom stereocenters. The molecule has 0 aliphatic carbocycles. The summed E-state index contributed by atoms with van der Waals surface area (Å²) >= 11 is 0. The van der Waals surface area contributed by atoms with Crippen molar-refractivity contribution in [2.45, 2.75) is 6.92 Å². The van der Waals surface area contributed by atoms with E-state index < -0.39 is 0 Å². The molecule has 5 nitrogen and oxygen atoms in total. The van der Waals surface area contributed by atoms with Crippen LogP contribution in [0.2, 0.25) is 0 Å². The fourth-order valence-electron chi connectivity index (χ4n) is 3.77. The smallest absolute Gasteiger partial charge is 0.256 e. The summed E-state index contributed by atoms with van der Waals surface area (Å²) < 4.78 is 26.7. The number of amides is 1. The van der Waals surface area contributed by atoms with E-state index in [1.807, 2.05) is 11.8 Å². The Bertz CT molecular complexity index is 1070. The quantitative estimate of drug-likeness (QED) is 0.687. The average Bonchev–Trinajstić information content (AvgIpc) is 3.03. The first kappa shape index (κ1) is 19.3. The minimum Gasteiger partial charge on any atom is -0.358 e. The third-order valence-corrected chi connectivity index (χ3v) is 5.35. The molecule has 29 heavy (non-hydrogen) atoms. The standard InChI is InChI=1S/C22H21F2N3O2/c1-14-21(18-12-17(24)6-7-19(18)25-14)22(29)27-10-8-26(9-11-27)13-20(28)15-2-4-16(23)5-3-15/h2-7,12,25H,8-11,13H2,1H3. The van der Waals surface area contributed by atoms with Crippen LogP contribution >= 0.6 is 0 Å². The van der Waals surface area contributed by atoms with E-state index >= 15 is 0 Å². The fourth-order valence-corrected chi connectivity index (χ4v) is 3.77. The molecule has 0 bridgehead atoms. The van der Waals surface area contributed by atoms with Gasteiger partial charge in [-0.1, -0.05) is 0 Å². The summed E-state index contributed by atoms with van der Waals surface area (Å²) in [6, 6.07) is 9.89. The van der Waals surface area contributed by atoms with Crippen LogP contribution in [0.4, 0.5) is 8.78 Å². The second-order valence-corrected chi connectivity index (χ2v) is 7.31. The van der Waals surface area contributed by atoms with Crippen molar-refractivity contribution in [3.63, 3.8) is 0 Å². The summed E-state index contributed by atoms with van der Waals surface area (Å²) in [4.78, 5) is 32.3. The molecule has 4 rings (SSSR count). The summed E-state index contributed by atoms with van der Waals surface area (Å²) in [5.74, 6) is -0.965. The number of piperazine rings is 1. The Morgan fingerprint density at radius 2 is 1.62 bits per heavy atom. The summed E-state index contributed by atoms with van der Waals surface area (Å²) in [7, 11) is 0. The van der Waals surface area contributed by atoms with E-state index in [9.17, 15) is 18.4 Å². The maximum absolute atomic E-state index is 13.7. The van der Waals surface area contributed by atoms with Gasteiger partial charge in [-0.2, -0.15) is 0 Å². The minimum atomic E-state index is -0.380. The van der Waals surface area contributed by atoms with Gasteiger partial charge in [-0.05, 0) is 49.4 Å². The van der Waals surface area contributed by atoms with Gasteiger partial charge < -0.3 is 9.88 Å². The van der Waals surface area contributed by atoms with Crippen LogP contribution in [0.1, 0.15) is 26.4 Å². The van der Waals surface area contributed by atoms with Crippen LogP contribution in [0.5, 0.6) is 0 Å². The number of H-pyrrole nitrogens is 1. The molecule has 1 aromatic heterocycles. The molecule has 1 amide bonds.